The van der Waals surface area contributed by atoms with E-state index in [2.05, 4.69) is 5.32 Å². The SMILES string of the molecule is O=[N+]([O-])c1ccccc1S[C@H]1C[C@H]2[C@H](c3cccc(Cl)c3N[C@H]2c2ccc(F)cc2)[C@@H]1Cl. The molecule has 164 valence electrons. The van der Waals surface area contributed by atoms with Crippen LogP contribution in [0.3, 0.4) is 0 Å². The van der Waals surface area contributed by atoms with Crippen molar-refractivity contribution in [3.8, 4) is 0 Å². The quantitative estimate of drug-likeness (QED) is 0.235. The Morgan fingerprint density at radius 2 is 1.81 bits per heavy atom. The highest BCUT2D eigenvalue weighted by Gasteiger charge is 2.50. The highest BCUT2D eigenvalue weighted by Crippen LogP contribution is 2.58. The standard InChI is InChI=1S/C24H19Cl2FN2O2S/c25-17-5-3-4-15-21-16(23(28-24(15)17)13-8-10-14(27)11-9-13)12-20(22(21)26)32-19-7-2-1-6-18(19)29(30)31/h1-11,16,20-23,28H,12H2/t16-,20-,21-,22+,23-/m0/s1. The van der Waals surface area contributed by atoms with Crippen molar-refractivity contribution in [1.29, 1.82) is 0 Å². The number of rotatable bonds is 4. The molecule has 4 nitrogen and oxygen atoms in total. The van der Waals surface area contributed by atoms with E-state index in [4.69, 9.17) is 23.2 Å². The third kappa shape index (κ3) is 3.74. The first kappa shape index (κ1) is 21.6. The zero-order chi connectivity index (χ0) is 22.4. The van der Waals surface area contributed by atoms with Crippen LogP contribution in [0.1, 0.15) is 29.5 Å². The number of nitrogens with zero attached hydrogens (tertiary/aromatic N) is 1. The molecule has 1 heterocycles. The van der Waals surface area contributed by atoms with Gasteiger partial charge in [-0.05, 0) is 47.7 Å². The van der Waals surface area contributed by atoms with Crippen LogP contribution in [0.4, 0.5) is 15.8 Å². The predicted octanol–water partition coefficient (Wildman–Crippen LogP) is 7.43. The smallest absolute Gasteiger partial charge is 0.282 e. The van der Waals surface area contributed by atoms with Crippen molar-refractivity contribution in [3.63, 3.8) is 0 Å². The third-order valence-electron chi connectivity index (χ3n) is 6.37. The lowest BCUT2D eigenvalue weighted by atomic mass is 9.77. The molecule has 0 radical (unpaired) electrons. The molecule has 0 spiro atoms. The first-order valence-electron chi connectivity index (χ1n) is 10.3. The Labute approximate surface area is 199 Å². The number of anilines is 1. The van der Waals surface area contributed by atoms with Gasteiger partial charge < -0.3 is 5.32 Å². The van der Waals surface area contributed by atoms with Crippen LogP contribution in [0.2, 0.25) is 5.02 Å². The van der Waals surface area contributed by atoms with E-state index in [9.17, 15) is 14.5 Å². The molecule has 0 aromatic heterocycles. The van der Waals surface area contributed by atoms with Gasteiger partial charge in [0.25, 0.3) is 5.69 Å². The van der Waals surface area contributed by atoms with E-state index in [0.29, 0.717) is 9.92 Å². The Kier molecular flexibility index (Phi) is 5.78. The average molecular weight is 489 g/mol. The lowest BCUT2D eigenvalue weighted by Crippen LogP contribution is -2.31. The first-order valence-corrected chi connectivity index (χ1v) is 12.0. The Hall–Kier alpha value is -2.28. The van der Waals surface area contributed by atoms with Gasteiger partial charge in [-0.2, -0.15) is 0 Å². The van der Waals surface area contributed by atoms with Gasteiger partial charge in [-0.1, -0.05) is 48.0 Å². The number of nitrogens with one attached hydrogen (secondary N) is 1. The van der Waals surface area contributed by atoms with Gasteiger partial charge in [0.15, 0.2) is 0 Å². The Balaban J connectivity index is 1.54. The summed E-state index contributed by atoms with van der Waals surface area (Å²) in [5, 5.41) is 15.4. The predicted molar refractivity (Wildman–Crippen MR) is 127 cm³/mol. The van der Waals surface area contributed by atoms with E-state index in [1.54, 1.807) is 30.3 Å². The summed E-state index contributed by atoms with van der Waals surface area (Å²) in [6.45, 7) is 0. The second-order valence-electron chi connectivity index (χ2n) is 8.13. The minimum absolute atomic E-state index is 0.0157. The number of para-hydroxylation sites is 2. The molecule has 0 saturated heterocycles. The van der Waals surface area contributed by atoms with E-state index < -0.39 is 0 Å². The summed E-state index contributed by atoms with van der Waals surface area (Å²) in [5.41, 5.74) is 2.97. The van der Waals surface area contributed by atoms with E-state index >= 15 is 0 Å². The van der Waals surface area contributed by atoms with Crippen LogP contribution in [-0.2, 0) is 0 Å². The number of thioether (sulfide) groups is 1. The summed E-state index contributed by atoms with van der Waals surface area (Å²) in [5.74, 6) is -0.137. The van der Waals surface area contributed by atoms with Crippen LogP contribution in [0.5, 0.6) is 0 Å². The summed E-state index contributed by atoms with van der Waals surface area (Å²) in [6, 6.07) is 19.0. The molecule has 3 aromatic carbocycles. The van der Waals surface area contributed by atoms with Crippen LogP contribution in [0, 0.1) is 21.8 Å². The molecule has 32 heavy (non-hydrogen) atoms. The fourth-order valence-electron chi connectivity index (χ4n) is 4.98. The van der Waals surface area contributed by atoms with Crippen molar-refractivity contribution in [2.24, 2.45) is 5.92 Å². The molecule has 3 aromatic rings. The number of alkyl halides is 1. The molecule has 5 rings (SSSR count). The zero-order valence-electron chi connectivity index (χ0n) is 16.8. The van der Waals surface area contributed by atoms with Crippen molar-refractivity contribution in [2.45, 2.75) is 33.9 Å². The van der Waals surface area contributed by atoms with Gasteiger partial charge in [0.1, 0.15) is 5.82 Å². The number of nitro benzene ring substituents is 1. The van der Waals surface area contributed by atoms with Crippen LogP contribution >= 0.6 is 35.0 Å². The molecule has 0 unspecified atom stereocenters. The number of halogens is 3. The zero-order valence-corrected chi connectivity index (χ0v) is 19.1. The topological polar surface area (TPSA) is 55.2 Å². The fourth-order valence-corrected chi connectivity index (χ4v) is 7.16. The lowest BCUT2D eigenvalue weighted by molar-refractivity contribution is -0.387. The molecular weight excluding hydrogens is 470 g/mol. The summed E-state index contributed by atoms with van der Waals surface area (Å²) < 4.78 is 13.6. The van der Waals surface area contributed by atoms with Crippen LogP contribution < -0.4 is 5.32 Å². The number of nitro groups is 1. The molecule has 2 aliphatic rings. The summed E-state index contributed by atoms with van der Waals surface area (Å²) >= 11 is 15.1. The number of hydrogen-bond donors (Lipinski definition) is 1. The molecule has 1 N–H and O–H groups in total. The fraction of sp³-hybridized carbons (Fsp3) is 0.250. The number of hydrogen-bond acceptors (Lipinski definition) is 4. The van der Waals surface area contributed by atoms with Crippen molar-refractivity contribution in [3.05, 3.63) is 98.8 Å². The van der Waals surface area contributed by atoms with Crippen LogP contribution in [0.25, 0.3) is 0 Å². The van der Waals surface area contributed by atoms with E-state index in [-0.39, 0.29) is 44.9 Å². The molecule has 1 saturated carbocycles. The number of fused-ring (bicyclic) bond motifs is 3. The highest BCUT2D eigenvalue weighted by atomic mass is 35.5. The third-order valence-corrected chi connectivity index (χ3v) is 8.79. The number of benzene rings is 3. The van der Waals surface area contributed by atoms with Gasteiger partial charge in [0, 0.05) is 17.2 Å². The minimum atomic E-state index is -0.356. The molecule has 8 heteroatoms. The summed E-state index contributed by atoms with van der Waals surface area (Å²) in [6.07, 6.45) is 0.760. The van der Waals surface area contributed by atoms with Crippen molar-refractivity contribution < 1.29 is 9.31 Å². The van der Waals surface area contributed by atoms with Gasteiger partial charge >= 0.3 is 0 Å². The van der Waals surface area contributed by atoms with Crippen LogP contribution in [0.15, 0.2) is 71.6 Å². The van der Waals surface area contributed by atoms with Crippen molar-refractivity contribution in [1.82, 2.24) is 0 Å². The Morgan fingerprint density at radius 1 is 1.06 bits per heavy atom. The second kappa shape index (κ2) is 8.58. The van der Waals surface area contributed by atoms with E-state index in [1.165, 1.54) is 30.0 Å². The molecule has 1 fully saturated rings. The maximum absolute atomic E-state index is 13.6. The lowest BCUT2D eigenvalue weighted by Gasteiger charge is -2.38. The van der Waals surface area contributed by atoms with Crippen molar-refractivity contribution in [2.75, 3.05) is 5.32 Å². The normalized spacial score (nSPS) is 26.2. The summed E-state index contributed by atoms with van der Waals surface area (Å²) in [4.78, 5) is 11.8. The van der Waals surface area contributed by atoms with Crippen molar-refractivity contribution >= 4 is 46.3 Å². The van der Waals surface area contributed by atoms with E-state index in [0.717, 1.165) is 23.2 Å². The van der Waals surface area contributed by atoms with Gasteiger partial charge in [-0.3, -0.25) is 10.1 Å². The largest absolute Gasteiger partial charge is 0.376 e. The molecular formula is C24H19Cl2FN2O2S. The average Bonchev–Trinajstić information content (AvgIpc) is 3.11. The molecule has 0 bridgehead atoms. The summed E-state index contributed by atoms with van der Waals surface area (Å²) in [7, 11) is 0. The van der Waals surface area contributed by atoms with Gasteiger partial charge in [0.2, 0.25) is 0 Å². The first-order chi connectivity index (χ1) is 15.4. The maximum Gasteiger partial charge on any atom is 0.282 e. The van der Waals surface area contributed by atoms with Gasteiger partial charge in [-0.25, -0.2) is 4.39 Å². The Morgan fingerprint density at radius 3 is 2.56 bits per heavy atom. The monoisotopic (exact) mass is 488 g/mol. The maximum atomic E-state index is 13.6. The highest BCUT2D eigenvalue weighted by molar-refractivity contribution is 8.00. The Bertz CT molecular complexity index is 1180. The molecule has 5 atom stereocenters. The van der Waals surface area contributed by atoms with Gasteiger partial charge in [0.05, 0.1) is 31.9 Å². The van der Waals surface area contributed by atoms with Crippen LogP contribution in [-0.4, -0.2) is 15.6 Å². The van der Waals surface area contributed by atoms with E-state index in [1.807, 2.05) is 18.2 Å². The minimum Gasteiger partial charge on any atom is -0.376 e. The molecule has 1 aliphatic heterocycles. The second-order valence-corrected chi connectivity index (χ2v) is 10.3. The molecule has 0 amide bonds. The molecule has 1 aliphatic carbocycles. The van der Waals surface area contributed by atoms with Gasteiger partial charge in [-0.15, -0.1) is 23.4 Å².